The van der Waals surface area contributed by atoms with Crippen LogP contribution in [0.5, 0.6) is 0 Å². The fraction of sp³-hybridized carbons (Fsp3) is 0.350. The Morgan fingerprint density at radius 1 is 1.23 bits per heavy atom. The molecule has 0 radical (unpaired) electrons. The number of nitrogens with zero attached hydrogens (tertiary/aromatic N) is 2. The molecule has 0 saturated heterocycles. The normalized spacial score (nSPS) is 19.4. The van der Waals surface area contributed by atoms with E-state index in [9.17, 15) is 9.90 Å². The van der Waals surface area contributed by atoms with Crippen LogP contribution in [0.3, 0.4) is 0 Å². The topological polar surface area (TPSA) is 98.0 Å². The first-order valence-corrected chi connectivity index (χ1v) is 8.84. The molecule has 1 aliphatic rings. The first-order chi connectivity index (χ1) is 12.7. The lowest BCUT2D eigenvalue weighted by Crippen LogP contribution is -2.24. The molecule has 1 aliphatic carbocycles. The van der Waals surface area contributed by atoms with Crippen molar-refractivity contribution in [2.45, 2.75) is 31.8 Å². The summed E-state index contributed by atoms with van der Waals surface area (Å²) in [5, 5.41) is 24.7. The number of hydrogen-bond acceptors (Lipinski definition) is 5. The van der Waals surface area contributed by atoms with Gasteiger partial charge < -0.3 is 15.7 Å². The number of pyridine rings is 1. The summed E-state index contributed by atoms with van der Waals surface area (Å²) < 4.78 is 0. The highest BCUT2D eigenvalue weighted by atomic mass is 16.3. The number of carbonyl (C=O) groups is 1. The second kappa shape index (κ2) is 8.45. The molecule has 1 fully saturated rings. The first kappa shape index (κ1) is 17.9. The van der Waals surface area contributed by atoms with Gasteiger partial charge in [0.2, 0.25) is 0 Å². The van der Waals surface area contributed by atoms with Crippen molar-refractivity contribution in [3.8, 4) is 6.07 Å². The number of carbonyl (C=O) groups excluding carboxylic acids is 1. The van der Waals surface area contributed by atoms with Crippen LogP contribution in [0.1, 0.15) is 41.6 Å². The fourth-order valence-corrected chi connectivity index (χ4v) is 3.18. The minimum Gasteiger partial charge on any atom is -0.393 e. The molecular formula is C20H22N4O2. The lowest BCUT2D eigenvalue weighted by molar-refractivity contribution is 0.102. The van der Waals surface area contributed by atoms with Crippen LogP contribution in [0.4, 0.5) is 11.5 Å². The van der Waals surface area contributed by atoms with E-state index in [-0.39, 0.29) is 12.0 Å². The Balaban J connectivity index is 1.66. The maximum atomic E-state index is 12.6. The molecule has 1 saturated carbocycles. The molecular weight excluding hydrogens is 328 g/mol. The smallest absolute Gasteiger partial charge is 0.259 e. The maximum absolute atomic E-state index is 12.6. The average molecular weight is 350 g/mol. The number of nitriles is 1. The minimum absolute atomic E-state index is 0.174. The molecule has 6 nitrogen and oxygen atoms in total. The number of aliphatic hydroxyl groups is 1. The molecule has 26 heavy (non-hydrogen) atoms. The molecule has 1 aromatic carbocycles. The summed E-state index contributed by atoms with van der Waals surface area (Å²) in [6, 6.07) is 12.3. The zero-order chi connectivity index (χ0) is 18.4. The van der Waals surface area contributed by atoms with Crippen molar-refractivity contribution in [2.75, 3.05) is 17.2 Å². The number of aliphatic hydroxyl groups excluding tert-OH is 1. The van der Waals surface area contributed by atoms with Crippen molar-refractivity contribution in [1.82, 2.24) is 4.98 Å². The van der Waals surface area contributed by atoms with E-state index in [1.807, 2.05) is 0 Å². The summed E-state index contributed by atoms with van der Waals surface area (Å²) in [5.41, 5.74) is 1.53. The Bertz CT molecular complexity index is 807. The quantitative estimate of drug-likeness (QED) is 0.769. The van der Waals surface area contributed by atoms with Crippen molar-refractivity contribution < 1.29 is 9.90 Å². The van der Waals surface area contributed by atoms with Crippen molar-refractivity contribution in [1.29, 1.82) is 5.26 Å². The van der Waals surface area contributed by atoms with Gasteiger partial charge in [-0.1, -0.05) is 6.07 Å². The highest BCUT2D eigenvalue weighted by molar-refractivity contribution is 6.07. The van der Waals surface area contributed by atoms with Crippen LogP contribution in [-0.2, 0) is 0 Å². The van der Waals surface area contributed by atoms with Gasteiger partial charge in [0.15, 0.2) is 0 Å². The van der Waals surface area contributed by atoms with Crippen LogP contribution in [-0.4, -0.2) is 28.6 Å². The zero-order valence-corrected chi connectivity index (χ0v) is 14.5. The van der Waals surface area contributed by atoms with Crippen LogP contribution in [0.2, 0.25) is 0 Å². The third-order valence-corrected chi connectivity index (χ3v) is 4.68. The van der Waals surface area contributed by atoms with E-state index in [0.29, 0.717) is 28.6 Å². The number of hydrogen-bond donors (Lipinski definition) is 3. The Kier molecular flexibility index (Phi) is 5.82. The predicted molar refractivity (Wildman–Crippen MR) is 99.8 cm³/mol. The molecule has 3 N–H and O–H groups in total. The Labute approximate surface area is 152 Å². The lowest BCUT2D eigenvalue weighted by Gasteiger charge is -2.25. The van der Waals surface area contributed by atoms with E-state index >= 15 is 0 Å². The standard InChI is InChI=1S/C20H22N4O2/c21-12-15-3-1-4-16(11-15)24-20(26)18-5-2-10-22-19(18)23-13-14-6-8-17(25)9-7-14/h1-5,10-11,14,17,25H,6-9,13H2,(H,22,23)(H,24,26)/t14-,17+. The number of nitrogens with one attached hydrogen (secondary N) is 2. The molecule has 1 amide bonds. The van der Waals surface area contributed by atoms with Crippen LogP contribution in [0.25, 0.3) is 0 Å². The van der Waals surface area contributed by atoms with Gasteiger partial charge in [-0.2, -0.15) is 5.26 Å². The van der Waals surface area contributed by atoms with Gasteiger partial charge in [0.25, 0.3) is 5.91 Å². The van der Waals surface area contributed by atoms with Gasteiger partial charge in [-0.05, 0) is 61.9 Å². The summed E-state index contributed by atoms with van der Waals surface area (Å²) in [7, 11) is 0. The molecule has 0 spiro atoms. The SMILES string of the molecule is N#Cc1cccc(NC(=O)c2cccnc2NC[C@H]2CC[C@@H](O)CC2)c1. The van der Waals surface area contributed by atoms with Gasteiger partial charge in [-0.15, -0.1) is 0 Å². The van der Waals surface area contributed by atoms with E-state index in [2.05, 4.69) is 21.7 Å². The van der Waals surface area contributed by atoms with Gasteiger partial charge in [-0.25, -0.2) is 4.98 Å². The third kappa shape index (κ3) is 4.58. The zero-order valence-electron chi connectivity index (χ0n) is 14.5. The van der Waals surface area contributed by atoms with Crippen LogP contribution >= 0.6 is 0 Å². The summed E-state index contributed by atoms with van der Waals surface area (Å²) >= 11 is 0. The van der Waals surface area contributed by atoms with Gasteiger partial charge in [0, 0.05) is 18.4 Å². The van der Waals surface area contributed by atoms with E-state index in [1.165, 1.54) is 0 Å². The highest BCUT2D eigenvalue weighted by Gasteiger charge is 2.20. The van der Waals surface area contributed by atoms with E-state index < -0.39 is 0 Å². The molecule has 6 heteroatoms. The summed E-state index contributed by atoms with van der Waals surface area (Å²) in [5.74, 6) is 0.756. The van der Waals surface area contributed by atoms with E-state index in [4.69, 9.17) is 5.26 Å². The molecule has 3 rings (SSSR count). The van der Waals surface area contributed by atoms with Crippen molar-refractivity contribution >= 4 is 17.4 Å². The summed E-state index contributed by atoms with van der Waals surface area (Å²) in [6.45, 7) is 0.730. The Morgan fingerprint density at radius 3 is 2.81 bits per heavy atom. The van der Waals surface area contributed by atoms with Crippen molar-refractivity contribution in [3.05, 3.63) is 53.7 Å². The Hall–Kier alpha value is -2.91. The molecule has 2 aromatic rings. The molecule has 0 unspecified atom stereocenters. The van der Waals surface area contributed by atoms with Crippen LogP contribution in [0, 0.1) is 17.2 Å². The highest BCUT2D eigenvalue weighted by Crippen LogP contribution is 2.25. The van der Waals surface area contributed by atoms with Crippen LogP contribution < -0.4 is 10.6 Å². The van der Waals surface area contributed by atoms with Crippen molar-refractivity contribution in [2.24, 2.45) is 5.92 Å². The average Bonchev–Trinajstić information content (AvgIpc) is 2.68. The lowest BCUT2D eigenvalue weighted by atomic mass is 9.87. The number of amides is 1. The van der Waals surface area contributed by atoms with E-state index in [0.717, 1.165) is 32.2 Å². The fourth-order valence-electron chi connectivity index (χ4n) is 3.18. The summed E-state index contributed by atoms with van der Waals surface area (Å²) in [4.78, 5) is 16.9. The minimum atomic E-state index is -0.269. The van der Waals surface area contributed by atoms with Gasteiger partial charge >= 0.3 is 0 Å². The number of rotatable bonds is 5. The third-order valence-electron chi connectivity index (χ3n) is 4.68. The monoisotopic (exact) mass is 350 g/mol. The molecule has 1 heterocycles. The number of aromatic nitrogens is 1. The molecule has 0 bridgehead atoms. The second-order valence-electron chi connectivity index (χ2n) is 6.60. The maximum Gasteiger partial charge on any atom is 0.259 e. The Morgan fingerprint density at radius 2 is 2.04 bits per heavy atom. The molecule has 1 aromatic heterocycles. The van der Waals surface area contributed by atoms with Crippen molar-refractivity contribution in [3.63, 3.8) is 0 Å². The first-order valence-electron chi connectivity index (χ1n) is 8.84. The van der Waals surface area contributed by atoms with Gasteiger partial charge in [0.1, 0.15) is 5.82 Å². The molecule has 134 valence electrons. The number of benzene rings is 1. The number of anilines is 2. The molecule has 0 atom stereocenters. The molecule has 0 aliphatic heterocycles. The van der Waals surface area contributed by atoms with Gasteiger partial charge in [-0.3, -0.25) is 4.79 Å². The van der Waals surface area contributed by atoms with E-state index in [1.54, 1.807) is 42.6 Å². The summed E-state index contributed by atoms with van der Waals surface area (Å²) in [6.07, 6.45) is 5.09. The largest absolute Gasteiger partial charge is 0.393 e. The van der Waals surface area contributed by atoms with Gasteiger partial charge in [0.05, 0.1) is 23.3 Å². The second-order valence-corrected chi connectivity index (χ2v) is 6.60. The van der Waals surface area contributed by atoms with Crippen LogP contribution in [0.15, 0.2) is 42.6 Å². The predicted octanol–water partition coefficient (Wildman–Crippen LogP) is 3.17.